The van der Waals surface area contributed by atoms with E-state index in [0.29, 0.717) is 0 Å². The molecule has 0 saturated carbocycles. The standard InChI is InChI=1S/C11H14F3N3/c1-17-5-8(9(15)6-17)7-2-3-10(16-4-7)11(12,13)14/h2-4,8-9H,5-6,15H2,1H3/t8-,9+/m0/s1. The molecular weight excluding hydrogens is 231 g/mol. The van der Waals surface area contributed by atoms with Gasteiger partial charge in [0.2, 0.25) is 0 Å². The Kier molecular flexibility index (Phi) is 3.09. The minimum Gasteiger partial charge on any atom is -0.326 e. The maximum absolute atomic E-state index is 12.3. The highest BCUT2D eigenvalue weighted by Crippen LogP contribution is 2.30. The molecule has 0 spiro atoms. The fourth-order valence-electron chi connectivity index (χ4n) is 2.18. The summed E-state index contributed by atoms with van der Waals surface area (Å²) in [5.74, 6) is 0.0646. The molecule has 0 radical (unpaired) electrons. The lowest BCUT2D eigenvalue weighted by Crippen LogP contribution is -2.28. The fraction of sp³-hybridized carbons (Fsp3) is 0.545. The normalized spacial score (nSPS) is 26.4. The monoisotopic (exact) mass is 245 g/mol. The van der Waals surface area contributed by atoms with E-state index in [-0.39, 0.29) is 12.0 Å². The maximum atomic E-state index is 12.3. The largest absolute Gasteiger partial charge is 0.433 e. The van der Waals surface area contributed by atoms with Crippen molar-refractivity contribution in [2.75, 3.05) is 20.1 Å². The Morgan fingerprint density at radius 2 is 2.06 bits per heavy atom. The predicted octanol–water partition coefficient (Wildman–Crippen LogP) is 1.46. The Morgan fingerprint density at radius 3 is 2.47 bits per heavy atom. The van der Waals surface area contributed by atoms with Crippen LogP contribution in [0.4, 0.5) is 13.2 Å². The van der Waals surface area contributed by atoms with E-state index in [9.17, 15) is 13.2 Å². The number of alkyl halides is 3. The number of nitrogens with zero attached hydrogens (tertiary/aromatic N) is 2. The number of hydrogen-bond acceptors (Lipinski definition) is 3. The zero-order valence-electron chi connectivity index (χ0n) is 9.41. The number of halogens is 3. The van der Waals surface area contributed by atoms with Crippen molar-refractivity contribution < 1.29 is 13.2 Å². The number of rotatable bonds is 1. The van der Waals surface area contributed by atoms with Gasteiger partial charge in [-0.2, -0.15) is 13.2 Å². The SMILES string of the molecule is CN1C[C@@H](N)[C@H](c2ccc(C(F)(F)F)nc2)C1. The van der Waals surface area contributed by atoms with Crippen LogP contribution in [-0.4, -0.2) is 36.1 Å². The third-order valence-corrected chi connectivity index (χ3v) is 3.05. The molecule has 0 amide bonds. The van der Waals surface area contributed by atoms with Crippen LogP contribution in [0.5, 0.6) is 0 Å². The van der Waals surface area contributed by atoms with E-state index < -0.39 is 11.9 Å². The van der Waals surface area contributed by atoms with Crippen molar-refractivity contribution in [1.29, 1.82) is 0 Å². The number of pyridine rings is 1. The van der Waals surface area contributed by atoms with Gasteiger partial charge in [0.05, 0.1) is 0 Å². The van der Waals surface area contributed by atoms with Crippen molar-refractivity contribution in [2.45, 2.75) is 18.1 Å². The van der Waals surface area contributed by atoms with Crippen LogP contribution in [0, 0.1) is 0 Å². The van der Waals surface area contributed by atoms with Crippen molar-refractivity contribution in [3.8, 4) is 0 Å². The first-order valence-corrected chi connectivity index (χ1v) is 5.35. The summed E-state index contributed by atoms with van der Waals surface area (Å²) in [7, 11) is 1.94. The lowest BCUT2D eigenvalue weighted by atomic mass is 9.96. The predicted molar refractivity (Wildman–Crippen MR) is 57.5 cm³/mol. The second-order valence-electron chi connectivity index (χ2n) is 4.47. The number of nitrogens with two attached hydrogens (primary N) is 1. The Hall–Kier alpha value is -1.14. The van der Waals surface area contributed by atoms with Gasteiger partial charge in [0.25, 0.3) is 0 Å². The summed E-state index contributed by atoms with van der Waals surface area (Å²) in [5, 5.41) is 0. The molecule has 1 aromatic rings. The minimum absolute atomic E-state index is 0.0430. The number of aromatic nitrogens is 1. The molecule has 0 unspecified atom stereocenters. The molecule has 1 aromatic heterocycles. The van der Waals surface area contributed by atoms with Gasteiger partial charge in [-0.3, -0.25) is 4.98 Å². The zero-order valence-corrected chi connectivity index (χ0v) is 9.41. The van der Waals surface area contributed by atoms with Gasteiger partial charge in [-0.25, -0.2) is 0 Å². The molecule has 0 aromatic carbocycles. The highest BCUT2D eigenvalue weighted by atomic mass is 19.4. The van der Waals surface area contributed by atoms with E-state index >= 15 is 0 Å². The molecule has 0 bridgehead atoms. The Balaban J connectivity index is 2.19. The smallest absolute Gasteiger partial charge is 0.326 e. The van der Waals surface area contributed by atoms with Gasteiger partial charge in [-0.05, 0) is 18.7 Å². The average Bonchev–Trinajstić information content (AvgIpc) is 2.57. The summed E-state index contributed by atoms with van der Waals surface area (Å²) in [6, 6.07) is 2.44. The van der Waals surface area contributed by atoms with E-state index in [1.54, 1.807) is 0 Å². The molecule has 2 N–H and O–H groups in total. The van der Waals surface area contributed by atoms with Crippen LogP contribution in [0.2, 0.25) is 0 Å². The van der Waals surface area contributed by atoms with Gasteiger partial charge < -0.3 is 10.6 Å². The summed E-state index contributed by atoms with van der Waals surface area (Å²) in [6.07, 6.45) is -3.10. The third kappa shape index (κ3) is 2.58. The highest BCUT2D eigenvalue weighted by molar-refractivity contribution is 5.23. The van der Waals surface area contributed by atoms with Crippen molar-refractivity contribution in [1.82, 2.24) is 9.88 Å². The van der Waals surface area contributed by atoms with Gasteiger partial charge in [0.15, 0.2) is 0 Å². The van der Waals surface area contributed by atoms with Crippen molar-refractivity contribution in [3.05, 3.63) is 29.6 Å². The fourth-order valence-corrected chi connectivity index (χ4v) is 2.18. The molecule has 6 heteroatoms. The molecule has 0 aliphatic carbocycles. The van der Waals surface area contributed by atoms with Crippen LogP contribution in [0.3, 0.4) is 0 Å². The Morgan fingerprint density at radius 1 is 1.35 bits per heavy atom. The van der Waals surface area contributed by atoms with Crippen molar-refractivity contribution in [2.24, 2.45) is 5.73 Å². The van der Waals surface area contributed by atoms with Crippen LogP contribution in [0.1, 0.15) is 17.2 Å². The van der Waals surface area contributed by atoms with Crippen molar-refractivity contribution in [3.63, 3.8) is 0 Å². The van der Waals surface area contributed by atoms with E-state index in [2.05, 4.69) is 9.88 Å². The minimum atomic E-state index is -4.38. The first-order chi connectivity index (χ1) is 7.88. The Bertz CT molecular complexity index is 388. The van der Waals surface area contributed by atoms with Gasteiger partial charge in [0, 0.05) is 31.2 Å². The van der Waals surface area contributed by atoms with Gasteiger partial charge in [0.1, 0.15) is 5.69 Å². The van der Waals surface area contributed by atoms with Gasteiger partial charge in [-0.1, -0.05) is 6.07 Å². The molecule has 1 aliphatic heterocycles. The molecule has 2 heterocycles. The molecule has 2 rings (SSSR count). The van der Waals surface area contributed by atoms with E-state index in [1.807, 2.05) is 7.05 Å². The number of likely N-dealkylation sites (tertiary alicyclic amines) is 1. The highest BCUT2D eigenvalue weighted by Gasteiger charge is 2.33. The molecular formula is C11H14F3N3. The first-order valence-electron chi connectivity index (χ1n) is 5.35. The van der Waals surface area contributed by atoms with E-state index in [4.69, 9.17) is 5.73 Å². The summed E-state index contributed by atoms with van der Waals surface area (Å²) in [4.78, 5) is 5.52. The quantitative estimate of drug-likeness (QED) is 0.814. The molecule has 1 fully saturated rings. The second kappa shape index (κ2) is 4.27. The Labute approximate surface area is 97.4 Å². The molecule has 3 nitrogen and oxygen atoms in total. The van der Waals surface area contributed by atoms with Crippen LogP contribution in [-0.2, 0) is 6.18 Å². The molecule has 17 heavy (non-hydrogen) atoms. The molecule has 94 valence electrons. The van der Waals surface area contributed by atoms with Gasteiger partial charge in [-0.15, -0.1) is 0 Å². The van der Waals surface area contributed by atoms with Crippen LogP contribution in [0.25, 0.3) is 0 Å². The summed E-state index contributed by atoms with van der Waals surface area (Å²) >= 11 is 0. The maximum Gasteiger partial charge on any atom is 0.433 e. The van der Waals surface area contributed by atoms with Crippen LogP contribution >= 0.6 is 0 Å². The third-order valence-electron chi connectivity index (χ3n) is 3.05. The lowest BCUT2D eigenvalue weighted by Gasteiger charge is -2.15. The zero-order chi connectivity index (χ0) is 12.6. The van der Waals surface area contributed by atoms with Crippen molar-refractivity contribution >= 4 is 0 Å². The van der Waals surface area contributed by atoms with Gasteiger partial charge >= 0.3 is 6.18 Å². The van der Waals surface area contributed by atoms with Crippen LogP contribution in [0.15, 0.2) is 18.3 Å². The lowest BCUT2D eigenvalue weighted by molar-refractivity contribution is -0.141. The molecule has 1 aliphatic rings. The number of hydrogen-bond donors (Lipinski definition) is 1. The summed E-state index contributed by atoms with van der Waals surface area (Å²) in [6.45, 7) is 1.51. The van der Waals surface area contributed by atoms with E-state index in [0.717, 1.165) is 24.7 Å². The van der Waals surface area contributed by atoms with E-state index in [1.165, 1.54) is 12.3 Å². The topological polar surface area (TPSA) is 42.1 Å². The summed E-state index contributed by atoms with van der Waals surface area (Å²) < 4.78 is 37.0. The van der Waals surface area contributed by atoms with Crippen LogP contribution < -0.4 is 5.73 Å². The average molecular weight is 245 g/mol. The summed E-state index contributed by atoms with van der Waals surface area (Å²) in [5.41, 5.74) is 5.85. The molecule has 1 saturated heterocycles. The molecule has 2 atom stereocenters. The second-order valence-corrected chi connectivity index (χ2v) is 4.47. The number of likely N-dealkylation sites (N-methyl/N-ethyl adjacent to an activating group) is 1. The first kappa shape index (κ1) is 12.3.